The molecule has 108 valence electrons. The molecule has 0 unspecified atom stereocenters. The van der Waals surface area contributed by atoms with Crippen LogP contribution in [0.25, 0.3) is 21.7 Å². The Morgan fingerprint density at radius 3 is 2.76 bits per heavy atom. The predicted molar refractivity (Wildman–Crippen MR) is 84.8 cm³/mol. The first kappa shape index (κ1) is 12.8. The van der Waals surface area contributed by atoms with E-state index in [4.69, 9.17) is 14.4 Å². The van der Waals surface area contributed by atoms with Crippen LogP contribution in [0.3, 0.4) is 0 Å². The average molecular weight is 300 g/mol. The zero-order valence-electron chi connectivity index (χ0n) is 11.8. The molecule has 0 amide bonds. The quantitative estimate of drug-likeness (QED) is 0.728. The molecule has 0 spiro atoms. The fourth-order valence-corrected chi connectivity index (χ4v) is 3.40. The van der Waals surface area contributed by atoms with E-state index in [9.17, 15) is 0 Å². The Bertz CT molecular complexity index is 744. The van der Waals surface area contributed by atoms with Crippen LogP contribution in [0.4, 0.5) is 5.95 Å². The van der Waals surface area contributed by atoms with E-state index in [0.717, 1.165) is 53.8 Å². The van der Waals surface area contributed by atoms with Crippen molar-refractivity contribution in [3.63, 3.8) is 0 Å². The number of piperazine rings is 1. The van der Waals surface area contributed by atoms with E-state index in [-0.39, 0.29) is 0 Å². The van der Waals surface area contributed by atoms with Gasteiger partial charge >= 0.3 is 0 Å². The summed E-state index contributed by atoms with van der Waals surface area (Å²) >= 11 is 1.66. The van der Waals surface area contributed by atoms with Gasteiger partial charge in [0.1, 0.15) is 5.69 Å². The minimum absolute atomic E-state index is 0.806. The lowest BCUT2D eigenvalue weighted by Gasteiger charge is -2.32. The maximum absolute atomic E-state index is 5.55. The Morgan fingerprint density at radius 2 is 2.00 bits per heavy atom. The summed E-state index contributed by atoms with van der Waals surface area (Å²) in [7, 11) is 2.15. The van der Waals surface area contributed by atoms with Gasteiger partial charge < -0.3 is 14.2 Å². The van der Waals surface area contributed by atoms with E-state index in [0.29, 0.717) is 0 Å². The summed E-state index contributed by atoms with van der Waals surface area (Å²) in [5.74, 6) is 1.61. The number of thiophene rings is 1. The van der Waals surface area contributed by atoms with Crippen molar-refractivity contribution < 1.29 is 4.42 Å². The van der Waals surface area contributed by atoms with Gasteiger partial charge in [-0.3, -0.25) is 0 Å². The number of anilines is 1. The lowest BCUT2D eigenvalue weighted by atomic mass is 10.3. The van der Waals surface area contributed by atoms with Crippen molar-refractivity contribution in [3.05, 3.63) is 29.8 Å². The molecule has 4 rings (SSSR count). The van der Waals surface area contributed by atoms with Gasteiger partial charge in [0.25, 0.3) is 0 Å². The number of hydrogen-bond donors (Lipinski definition) is 0. The number of rotatable bonds is 2. The molecule has 1 aliphatic heterocycles. The third-order valence-corrected chi connectivity index (χ3v) is 4.74. The molecule has 0 aliphatic carbocycles. The Hall–Kier alpha value is -1.92. The van der Waals surface area contributed by atoms with Gasteiger partial charge in [-0.15, -0.1) is 11.3 Å². The van der Waals surface area contributed by atoms with Gasteiger partial charge in [-0.1, -0.05) is 0 Å². The third-order valence-electron chi connectivity index (χ3n) is 3.83. The Kier molecular flexibility index (Phi) is 3.12. The van der Waals surface area contributed by atoms with E-state index < -0.39 is 0 Å². The summed E-state index contributed by atoms with van der Waals surface area (Å²) in [6, 6.07) is 5.90. The van der Waals surface area contributed by atoms with Crippen molar-refractivity contribution in [1.82, 2.24) is 14.9 Å². The van der Waals surface area contributed by atoms with Crippen molar-refractivity contribution in [3.8, 4) is 11.5 Å². The van der Waals surface area contributed by atoms with Crippen LogP contribution in [-0.4, -0.2) is 48.1 Å². The topological polar surface area (TPSA) is 45.4 Å². The van der Waals surface area contributed by atoms with Crippen molar-refractivity contribution in [2.45, 2.75) is 0 Å². The van der Waals surface area contributed by atoms with Gasteiger partial charge in [0.2, 0.25) is 5.95 Å². The molecule has 6 heteroatoms. The largest absolute Gasteiger partial charge is 0.463 e. The standard InChI is InChI=1S/C15H16N4OS/c1-18-5-7-19(8-6-18)15-16-11-4-10-21-14(11)13(17-15)12-3-2-9-20-12/h2-4,9-10H,5-8H2,1H3. The van der Waals surface area contributed by atoms with Crippen molar-refractivity contribution in [1.29, 1.82) is 0 Å². The molecule has 3 aromatic heterocycles. The van der Waals surface area contributed by atoms with Gasteiger partial charge in [0, 0.05) is 26.2 Å². The minimum atomic E-state index is 0.806. The summed E-state index contributed by atoms with van der Waals surface area (Å²) in [5, 5.41) is 2.06. The maximum atomic E-state index is 5.55. The summed E-state index contributed by atoms with van der Waals surface area (Å²) in [4.78, 5) is 14.1. The SMILES string of the molecule is CN1CCN(c2nc(-c3ccco3)c3sccc3n2)CC1. The molecular weight excluding hydrogens is 284 g/mol. The summed E-state index contributed by atoms with van der Waals surface area (Å²) < 4.78 is 6.63. The van der Waals surface area contributed by atoms with Crippen LogP contribution in [0.15, 0.2) is 34.3 Å². The molecule has 0 N–H and O–H groups in total. The molecule has 0 atom stereocenters. The molecule has 1 fully saturated rings. The predicted octanol–water partition coefficient (Wildman–Crippen LogP) is 2.70. The van der Waals surface area contributed by atoms with Crippen molar-refractivity contribution in [2.24, 2.45) is 0 Å². The van der Waals surface area contributed by atoms with E-state index >= 15 is 0 Å². The Labute approximate surface area is 126 Å². The van der Waals surface area contributed by atoms with Gasteiger partial charge in [-0.25, -0.2) is 9.97 Å². The molecule has 1 aliphatic rings. The van der Waals surface area contributed by atoms with E-state index in [1.54, 1.807) is 17.6 Å². The highest BCUT2D eigenvalue weighted by molar-refractivity contribution is 7.17. The summed E-state index contributed by atoms with van der Waals surface area (Å²) in [5.41, 5.74) is 1.89. The molecule has 5 nitrogen and oxygen atoms in total. The minimum Gasteiger partial charge on any atom is -0.463 e. The fourth-order valence-electron chi connectivity index (χ4n) is 2.58. The van der Waals surface area contributed by atoms with Gasteiger partial charge in [0.05, 0.1) is 16.5 Å². The number of fused-ring (bicyclic) bond motifs is 1. The highest BCUT2D eigenvalue weighted by Gasteiger charge is 2.20. The van der Waals surface area contributed by atoms with Crippen molar-refractivity contribution >= 4 is 27.5 Å². The number of aromatic nitrogens is 2. The first-order valence-corrected chi connectivity index (χ1v) is 7.92. The average Bonchev–Trinajstić information content (AvgIpc) is 3.18. The molecular formula is C15H16N4OS. The molecule has 0 radical (unpaired) electrons. The zero-order chi connectivity index (χ0) is 14.2. The molecule has 0 saturated carbocycles. The van der Waals surface area contributed by atoms with Crippen LogP contribution in [-0.2, 0) is 0 Å². The highest BCUT2D eigenvalue weighted by atomic mass is 32.1. The number of nitrogens with zero attached hydrogens (tertiary/aromatic N) is 4. The van der Waals surface area contributed by atoms with Crippen LogP contribution in [0.1, 0.15) is 0 Å². The first-order valence-electron chi connectivity index (χ1n) is 7.04. The first-order chi connectivity index (χ1) is 10.3. The molecule has 0 bridgehead atoms. The Balaban J connectivity index is 1.80. The van der Waals surface area contributed by atoms with Crippen LogP contribution in [0, 0.1) is 0 Å². The second kappa shape index (κ2) is 5.13. The van der Waals surface area contributed by atoms with Crippen LogP contribution < -0.4 is 4.90 Å². The second-order valence-electron chi connectivity index (χ2n) is 5.27. The van der Waals surface area contributed by atoms with Crippen LogP contribution in [0.2, 0.25) is 0 Å². The van der Waals surface area contributed by atoms with Gasteiger partial charge in [-0.2, -0.15) is 0 Å². The lowest BCUT2D eigenvalue weighted by Crippen LogP contribution is -2.45. The van der Waals surface area contributed by atoms with Crippen LogP contribution in [0.5, 0.6) is 0 Å². The fraction of sp³-hybridized carbons (Fsp3) is 0.333. The zero-order valence-corrected chi connectivity index (χ0v) is 12.6. The number of likely N-dealkylation sites (N-methyl/N-ethyl adjacent to an activating group) is 1. The highest BCUT2D eigenvalue weighted by Crippen LogP contribution is 2.32. The molecule has 0 aromatic carbocycles. The smallest absolute Gasteiger partial charge is 0.226 e. The van der Waals surface area contributed by atoms with E-state index in [2.05, 4.69) is 22.2 Å². The van der Waals surface area contributed by atoms with E-state index in [1.807, 2.05) is 18.2 Å². The maximum Gasteiger partial charge on any atom is 0.226 e. The number of furan rings is 1. The van der Waals surface area contributed by atoms with Gasteiger partial charge in [-0.05, 0) is 30.6 Å². The molecule has 4 heterocycles. The summed E-state index contributed by atoms with van der Waals surface area (Å²) in [6.45, 7) is 4.01. The van der Waals surface area contributed by atoms with Crippen LogP contribution >= 0.6 is 11.3 Å². The number of hydrogen-bond acceptors (Lipinski definition) is 6. The van der Waals surface area contributed by atoms with Crippen molar-refractivity contribution in [2.75, 3.05) is 38.1 Å². The molecule has 21 heavy (non-hydrogen) atoms. The molecule has 3 aromatic rings. The second-order valence-corrected chi connectivity index (χ2v) is 6.19. The van der Waals surface area contributed by atoms with E-state index in [1.165, 1.54) is 0 Å². The Morgan fingerprint density at radius 1 is 1.14 bits per heavy atom. The monoisotopic (exact) mass is 300 g/mol. The summed E-state index contributed by atoms with van der Waals surface area (Å²) in [6.07, 6.45) is 1.69. The third kappa shape index (κ3) is 2.30. The normalized spacial score (nSPS) is 16.7. The van der Waals surface area contributed by atoms with Gasteiger partial charge in [0.15, 0.2) is 5.76 Å². The lowest BCUT2D eigenvalue weighted by molar-refractivity contribution is 0.311. The molecule has 1 saturated heterocycles.